The Balaban J connectivity index is 0.000000523. The van der Waals surface area contributed by atoms with Crippen LogP contribution in [-0.4, -0.2) is 50.3 Å². The standard InChI is InChI=1S/2C10H12NO3.Cu/c2*1-7-4-5-8(6-9(7)14-3)10(12)11(2)13;/h2*4-6H,1-3H3;/q2*-1;+2. The number of nitrogens with zero attached hydrogens (tertiary/aromatic N) is 2. The molecule has 8 nitrogen and oxygen atoms in total. The van der Waals surface area contributed by atoms with Crippen LogP contribution >= 0.6 is 0 Å². The van der Waals surface area contributed by atoms with E-state index in [-0.39, 0.29) is 17.1 Å². The average molecular weight is 452 g/mol. The van der Waals surface area contributed by atoms with E-state index < -0.39 is 11.8 Å². The zero-order valence-corrected chi connectivity index (χ0v) is 18.1. The molecule has 0 heterocycles. The molecule has 2 aromatic carbocycles. The molecule has 0 aliphatic carbocycles. The summed E-state index contributed by atoms with van der Waals surface area (Å²) < 4.78 is 10.1. The van der Waals surface area contributed by atoms with E-state index in [4.69, 9.17) is 9.47 Å². The van der Waals surface area contributed by atoms with Gasteiger partial charge in [0.1, 0.15) is 11.5 Å². The number of carbonyl (C=O) groups is 2. The molecule has 0 N–H and O–H groups in total. The maximum absolute atomic E-state index is 11.3. The molecule has 0 atom stereocenters. The van der Waals surface area contributed by atoms with Gasteiger partial charge >= 0.3 is 17.1 Å². The maximum atomic E-state index is 11.3. The van der Waals surface area contributed by atoms with Gasteiger partial charge in [-0.3, -0.25) is 9.59 Å². The second-order valence-corrected chi connectivity index (χ2v) is 5.97. The van der Waals surface area contributed by atoms with Gasteiger partial charge in [0.2, 0.25) is 11.8 Å². The Labute approximate surface area is 181 Å². The number of benzene rings is 2. The summed E-state index contributed by atoms with van der Waals surface area (Å²) in [6.45, 7) is 3.74. The molecule has 2 aromatic rings. The van der Waals surface area contributed by atoms with Gasteiger partial charge < -0.3 is 30.0 Å². The van der Waals surface area contributed by atoms with Crippen LogP contribution in [0.25, 0.3) is 0 Å². The fraction of sp³-hybridized carbons (Fsp3) is 0.300. The van der Waals surface area contributed by atoms with Gasteiger partial charge in [0.25, 0.3) is 0 Å². The molecule has 0 aliphatic rings. The van der Waals surface area contributed by atoms with Crippen LogP contribution in [0.2, 0.25) is 0 Å². The molecule has 2 rings (SSSR count). The molecule has 0 aliphatic heterocycles. The molecule has 0 unspecified atom stereocenters. The summed E-state index contributed by atoms with van der Waals surface area (Å²) in [5.41, 5.74) is 2.53. The van der Waals surface area contributed by atoms with Crippen LogP contribution in [0.3, 0.4) is 0 Å². The number of ether oxygens (including phenoxy) is 2. The molecule has 161 valence electrons. The topological polar surface area (TPSA) is 105 Å². The summed E-state index contributed by atoms with van der Waals surface area (Å²) in [6, 6.07) is 9.83. The third-order valence-corrected chi connectivity index (χ3v) is 3.88. The van der Waals surface area contributed by atoms with Gasteiger partial charge in [0, 0.05) is 11.1 Å². The minimum atomic E-state index is -0.566. The van der Waals surface area contributed by atoms with Crippen LogP contribution in [0.5, 0.6) is 11.5 Å². The zero-order chi connectivity index (χ0) is 21.4. The van der Waals surface area contributed by atoms with Crippen molar-refractivity contribution in [2.75, 3.05) is 28.3 Å². The summed E-state index contributed by atoms with van der Waals surface area (Å²) in [5.74, 6) is 0.0852. The third-order valence-electron chi connectivity index (χ3n) is 3.88. The molecule has 0 fully saturated rings. The number of amides is 2. The van der Waals surface area contributed by atoms with Gasteiger partial charge in [-0.1, -0.05) is 12.1 Å². The quantitative estimate of drug-likeness (QED) is 0.522. The van der Waals surface area contributed by atoms with Crippen LogP contribution in [0.15, 0.2) is 36.4 Å². The Morgan fingerprint density at radius 1 is 0.759 bits per heavy atom. The van der Waals surface area contributed by atoms with E-state index in [0.717, 1.165) is 11.1 Å². The summed E-state index contributed by atoms with van der Waals surface area (Å²) in [6.07, 6.45) is 0. The SMILES string of the molecule is COc1cc(C(=O)N(C)[O-])ccc1C.COc1cc(C(=O)N(C)[O-])ccc1C.[Cu+2]. The van der Waals surface area contributed by atoms with E-state index in [1.165, 1.54) is 28.3 Å². The average Bonchev–Trinajstić information content (AvgIpc) is 2.68. The monoisotopic (exact) mass is 451 g/mol. The molecule has 0 aromatic heterocycles. The number of hydrogen-bond acceptors (Lipinski definition) is 6. The Morgan fingerprint density at radius 2 is 1.07 bits per heavy atom. The normalized spacial score (nSPS) is 9.38. The number of aryl methyl sites for hydroxylation is 2. The Kier molecular flexibility index (Phi) is 11.0. The first-order valence-electron chi connectivity index (χ1n) is 8.32. The summed E-state index contributed by atoms with van der Waals surface area (Å²) in [5, 5.41) is 22.1. The van der Waals surface area contributed by atoms with Crippen molar-refractivity contribution in [2.45, 2.75) is 13.8 Å². The predicted molar refractivity (Wildman–Crippen MR) is 106 cm³/mol. The van der Waals surface area contributed by atoms with E-state index in [1.807, 2.05) is 13.8 Å². The van der Waals surface area contributed by atoms with Gasteiger partial charge in [0.15, 0.2) is 0 Å². The van der Waals surface area contributed by atoms with Crippen molar-refractivity contribution in [2.24, 2.45) is 0 Å². The third kappa shape index (κ3) is 7.40. The van der Waals surface area contributed by atoms with Crippen LogP contribution < -0.4 is 9.47 Å². The van der Waals surface area contributed by atoms with Crippen LogP contribution in [0.1, 0.15) is 31.8 Å². The minimum absolute atomic E-state index is 0. The van der Waals surface area contributed by atoms with Crippen molar-refractivity contribution in [1.82, 2.24) is 10.1 Å². The fourth-order valence-corrected chi connectivity index (χ4v) is 2.27. The van der Waals surface area contributed by atoms with Gasteiger partial charge in [-0.05, 0) is 63.3 Å². The van der Waals surface area contributed by atoms with Crippen molar-refractivity contribution in [3.63, 3.8) is 0 Å². The molecular weight excluding hydrogens is 428 g/mol. The van der Waals surface area contributed by atoms with Gasteiger partial charge in [-0.2, -0.15) is 0 Å². The van der Waals surface area contributed by atoms with Crippen LogP contribution in [0.4, 0.5) is 0 Å². The molecule has 9 heteroatoms. The molecule has 29 heavy (non-hydrogen) atoms. The van der Waals surface area contributed by atoms with Crippen LogP contribution in [0, 0.1) is 24.3 Å². The second-order valence-electron chi connectivity index (χ2n) is 5.97. The molecular formula is C20H24CuN2O6. The summed E-state index contributed by atoms with van der Waals surface area (Å²) in [7, 11) is 5.40. The zero-order valence-electron chi connectivity index (χ0n) is 17.1. The van der Waals surface area contributed by atoms with Crippen molar-refractivity contribution in [1.29, 1.82) is 0 Å². The Bertz CT molecular complexity index is 770. The Morgan fingerprint density at radius 3 is 1.31 bits per heavy atom. The van der Waals surface area contributed by atoms with Crippen molar-refractivity contribution in [3.05, 3.63) is 69.1 Å². The van der Waals surface area contributed by atoms with E-state index >= 15 is 0 Å². The summed E-state index contributed by atoms with van der Waals surface area (Å²) in [4.78, 5) is 22.6. The van der Waals surface area contributed by atoms with E-state index in [9.17, 15) is 20.0 Å². The maximum Gasteiger partial charge on any atom is 2.00 e. The second kappa shape index (κ2) is 12.1. The van der Waals surface area contributed by atoms with Gasteiger partial charge in [-0.25, -0.2) is 0 Å². The minimum Gasteiger partial charge on any atom is -0.756 e. The summed E-state index contributed by atoms with van der Waals surface area (Å²) >= 11 is 0. The Hall–Kier alpha value is -2.58. The molecule has 0 bridgehead atoms. The molecule has 1 radical (unpaired) electrons. The largest absolute Gasteiger partial charge is 2.00 e. The first-order valence-corrected chi connectivity index (χ1v) is 8.32. The number of hydroxylamine groups is 4. The molecule has 2 amide bonds. The van der Waals surface area contributed by atoms with Crippen LogP contribution in [-0.2, 0) is 17.1 Å². The van der Waals surface area contributed by atoms with Crippen molar-refractivity contribution < 1.29 is 36.1 Å². The first-order chi connectivity index (χ1) is 13.1. The number of hydrogen-bond donors (Lipinski definition) is 0. The fourth-order valence-electron chi connectivity index (χ4n) is 2.27. The number of carbonyl (C=O) groups excluding carboxylic acids is 2. The molecule has 0 saturated heterocycles. The van der Waals surface area contributed by atoms with Gasteiger partial charge in [-0.15, -0.1) is 0 Å². The van der Waals surface area contributed by atoms with E-state index in [0.29, 0.717) is 32.8 Å². The van der Waals surface area contributed by atoms with Crippen molar-refractivity contribution >= 4 is 11.8 Å². The van der Waals surface area contributed by atoms with E-state index in [2.05, 4.69) is 0 Å². The number of methoxy groups -OCH3 is 2. The number of rotatable bonds is 4. The first kappa shape index (κ1) is 26.4. The molecule has 0 spiro atoms. The predicted octanol–water partition coefficient (Wildman–Crippen LogP) is 3.14. The van der Waals surface area contributed by atoms with Crippen molar-refractivity contribution in [3.8, 4) is 11.5 Å². The molecule has 0 saturated carbocycles. The van der Waals surface area contributed by atoms with E-state index in [1.54, 1.807) is 36.4 Å². The smallest absolute Gasteiger partial charge is 0.756 e. The van der Waals surface area contributed by atoms with Gasteiger partial charge in [0.05, 0.1) is 14.2 Å².